The molecule has 1 fully saturated rings. The normalized spacial score (nSPS) is 16.6. The number of nitrogens with one attached hydrogen (secondary N) is 1. The van der Waals surface area contributed by atoms with Gasteiger partial charge in [0.05, 0.1) is 6.54 Å². The van der Waals surface area contributed by atoms with Crippen molar-refractivity contribution < 1.29 is 4.79 Å². The lowest BCUT2D eigenvalue weighted by atomic mass is 10.3. The molecule has 1 N–H and O–H groups in total. The van der Waals surface area contributed by atoms with Gasteiger partial charge in [0, 0.05) is 24.8 Å². The van der Waals surface area contributed by atoms with Gasteiger partial charge < -0.3 is 10.2 Å². The molecule has 0 saturated carbocycles. The minimum Gasteiger partial charge on any atom is -0.353 e. The van der Waals surface area contributed by atoms with Crippen molar-refractivity contribution in [2.75, 3.05) is 24.5 Å². The molecule has 0 radical (unpaired) electrons. The van der Waals surface area contributed by atoms with Crippen molar-refractivity contribution in [2.45, 2.75) is 6.92 Å². The highest BCUT2D eigenvalue weighted by Crippen LogP contribution is 2.10. The molecule has 0 aliphatic carbocycles. The molecular formula is C9H12N4O. The van der Waals surface area contributed by atoms with Crippen LogP contribution in [0.4, 0.5) is 5.82 Å². The van der Waals surface area contributed by atoms with Crippen LogP contribution >= 0.6 is 0 Å². The van der Waals surface area contributed by atoms with Crippen molar-refractivity contribution in [2.24, 2.45) is 0 Å². The number of anilines is 1. The van der Waals surface area contributed by atoms with Gasteiger partial charge in [-0.05, 0) is 6.92 Å². The fraction of sp³-hybridized carbons (Fsp3) is 0.444. The summed E-state index contributed by atoms with van der Waals surface area (Å²) in [7, 11) is 0. The number of rotatable bonds is 1. The van der Waals surface area contributed by atoms with Gasteiger partial charge in [-0.2, -0.15) is 0 Å². The molecule has 5 nitrogen and oxygen atoms in total. The first-order valence-corrected chi connectivity index (χ1v) is 4.56. The number of carbonyl (C=O) groups excluding carboxylic acids is 1. The van der Waals surface area contributed by atoms with Crippen molar-refractivity contribution in [3.05, 3.63) is 18.1 Å². The Balaban J connectivity index is 2.17. The maximum Gasteiger partial charge on any atom is 0.239 e. The number of hydrogen-bond donors (Lipinski definition) is 1. The van der Waals surface area contributed by atoms with E-state index >= 15 is 0 Å². The molecule has 1 aliphatic heterocycles. The lowest BCUT2D eigenvalue weighted by Gasteiger charge is -2.27. The highest BCUT2D eigenvalue weighted by molar-refractivity contribution is 5.82. The average Bonchev–Trinajstić information content (AvgIpc) is 2.18. The molecule has 1 amide bonds. The molecule has 2 heterocycles. The summed E-state index contributed by atoms with van der Waals surface area (Å²) in [6, 6.07) is 1.89. The topological polar surface area (TPSA) is 58.1 Å². The van der Waals surface area contributed by atoms with Gasteiger partial charge in [0.1, 0.15) is 12.1 Å². The summed E-state index contributed by atoms with van der Waals surface area (Å²) in [4.78, 5) is 21.2. The Hall–Kier alpha value is -1.65. The summed E-state index contributed by atoms with van der Waals surface area (Å²) in [5, 5.41) is 2.77. The van der Waals surface area contributed by atoms with Gasteiger partial charge in [0.15, 0.2) is 0 Å². The molecule has 0 unspecified atom stereocenters. The first-order chi connectivity index (χ1) is 6.75. The molecule has 1 aromatic heterocycles. The number of amides is 1. The summed E-state index contributed by atoms with van der Waals surface area (Å²) in [5.41, 5.74) is 0.918. The second-order valence-electron chi connectivity index (χ2n) is 3.29. The zero-order valence-corrected chi connectivity index (χ0v) is 8.03. The first-order valence-electron chi connectivity index (χ1n) is 4.56. The van der Waals surface area contributed by atoms with E-state index in [-0.39, 0.29) is 5.91 Å². The zero-order chi connectivity index (χ0) is 9.97. The second kappa shape index (κ2) is 3.61. The van der Waals surface area contributed by atoms with E-state index in [1.165, 1.54) is 6.33 Å². The van der Waals surface area contributed by atoms with E-state index in [9.17, 15) is 4.79 Å². The zero-order valence-electron chi connectivity index (χ0n) is 8.03. The van der Waals surface area contributed by atoms with Gasteiger partial charge in [0.2, 0.25) is 5.91 Å². The maximum absolute atomic E-state index is 11.1. The van der Waals surface area contributed by atoms with Gasteiger partial charge in [-0.1, -0.05) is 0 Å². The molecule has 0 atom stereocenters. The standard InChI is InChI=1S/C9H12N4O/c1-7-4-8(12-6-11-7)13-3-2-10-9(14)5-13/h4,6H,2-3,5H2,1H3,(H,10,14). The molecule has 1 aromatic rings. The molecule has 0 spiro atoms. The Bertz CT molecular complexity index is 352. The van der Waals surface area contributed by atoms with E-state index in [4.69, 9.17) is 0 Å². The summed E-state index contributed by atoms with van der Waals surface area (Å²) in [6.45, 7) is 3.79. The van der Waals surface area contributed by atoms with E-state index in [1.807, 2.05) is 17.9 Å². The fourth-order valence-electron chi connectivity index (χ4n) is 1.45. The van der Waals surface area contributed by atoms with Gasteiger partial charge in [-0.3, -0.25) is 4.79 Å². The van der Waals surface area contributed by atoms with Crippen LogP contribution in [0.25, 0.3) is 0 Å². The van der Waals surface area contributed by atoms with Crippen molar-refractivity contribution in [3.63, 3.8) is 0 Å². The molecule has 2 rings (SSSR count). The number of hydrogen-bond acceptors (Lipinski definition) is 4. The summed E-state index contributed by atoms with van der Waals surface area (Å²) >= 11 is 0. The third-order valence-corrected chi connectivity index (χ3v) is 2.15. The van der Waals surface area contributed by atoms with Crippen LogP contribution in [0.2, 0.25) is 0 Å². The van der Waals surface area contributed by atoms with E-state index in [0.717, 1.165) is 18.1 Å². The average molecular weight is 192 g/mol. The predicted molar refractivity (Wildman–Crippen MR) is 52.0 cm³/mol. The van der Waals surface area contributed by atoms with Crippen LogP contribution in [0.5, 0.6) is 0 Å². The smallest absolute Gasteiger partial charge is 0.239 e. The highest BCUT2D eigenvalue weighted by Gasteiger charge is 2.17. The van der Waals surface area contributed by atoms with Gasteiger partial charge in [0.25, 0.3) is 0 Å². The summed E-state index contributed by atoms with van der Waals surface area (Å²) in [5.74, 6) is 0.875. The fourth-order valence-corrected chi connectivity index (χ4v) is 1.45. The lowest BCUT2D eigenvalue weighted by molar-refractivity contribution is -0.120. The molecule has 74 valence electrons. The number of aromatic nitrogens is 2. The van der Waals surface area contributed by atoms with Gasteiger partial charge in [-0.15, -0.1) is 0 Å². The third kappa shape index (κ3) is 1.81. The van der Waals surface area contributed by atoms with Crippen LogP contribution in [0.15, 0.2) is 12.4 Å². The monoisotopic (exact) mass is 192 g/mol. The first kappa shape index (κ1) is 8.93. The number of nitrogens with zero attached hydrogens (tertiary/aromatic N) is 3. The van der Waals surface area contributed by atoms with Crippen LogP contribution in [-0.4, -0.2) is 35.5 Å². The van der Waals surface area contributed by atoms with Crippen molar-refractivity contribution >= 4 is 11.7 Å². The molecule has 0 aromatic carbocycles. The largest absolute Gasteiger partial charge is 0.353 e. The van der Waals surface area contributed by atoms with Crippen LogP contribution < -0.4 is 10.2 Å². The third-order valence-electron chi connectivity index (χ3n) is 2.15. The lowest BCUT2D eigenvalue weighted by Crippen LogP contribution is -2.48. The van der Waals surface area contributed by atoms with Crippen molar-refractivity contribution in [1.82, 2.24) is 15.3 Å². The van der Waals surface area contributed by atoms with E-state index in [0.29, 0.717) is 13.1 Å². The Labute approximate surface area is 82.2 Å². The quantitative estimate of drug-likeness (QED) is 0.665. The van der Waals surface area contributed by atoms with Crippen LogP contribution in [0.3, 0.4) is 0 Å². The summed E-state index contributed by atoms with van der Waals surface area (Å²) in [6.07, 6.45) is 1.52. The molecule has 5 heteroatoms. The van der Waals surface area contributed by atoms with Crippen molar-refractivity contribution in [1.29, 1.82) is 0 Å². The minimum absolute atomic E-state index is 0.0486. The molecule has 0 bridgehead atoms. The predicted octanol–water partition coefficient (Wildman–Crippen LogP) is -0.279. The molecule has 1 aliphatic rings. The Morgan fingerprint density at radius 2 is 2.36 bits per heavy atom. The Morgan fingerprint density at radius 3 is 3.07 bits per heavy atom. The number of piperazine rings is 1. The number of aryl methyl sites for hydroxylation is 1. The van der Waals surface area contributed by atoms with Crippen LogP contribution in [0, 0.1) is 6.92 Å². The molecule has 1 saturated heterocycles. The number of carbonyl (C=O) groups is 1. The van der Waals surface area contributed by atoms with E-state index in [2.05, 4.69) is 15.3 Å². The Kier molecular flexibility index (Phi) is 2.30. The van der Waals surface area contributed by atoms with E-state index < -0.39 is 0 Å². The highest BCUT2D eigenvalue weighted by atomic mass is 16.2. The SMILES string of the molecule is Cc1cc(N2CCNC(=O)C2)ncn1. The van der Waals surface area contributed by atoms with Crippen molar-refractivity contribution in [3.8, 4) is 0 Å². The van der Waals surface area contributed by atoms with Crippen LogP contribution in [-0.2, 0) is 4.79 Å². The van der Waals surface area contributed by atoms with Crippen LogP contribution in [0.1, 0.15) is 5.69 Å². The van der Waals surface area contributed by atoms with Gasteiger partial charge >= 0.3 is 0 Å². The maximum atomic E-state index is 11.1. The molecular weight excluding hydrogens is 180 g/mol. The summed E-state index contributed by atoms with van der Waals surface area (Å²) < 4.78 is 0. The molecule has 14 heavy (non-hydrogen) atoms. The minimum atomic E-state index is 0.0486. The van der Waals surface area contributed by atoms with E-state index in [1.54, 1.807) is 0 Å². The second-order valence-corrected chi connectivity index (χ2v) is 3.29. The van der Waals surface area contributed by atoms with Gasteiger partial charge in [-0.25, -0.2) is 9.97 Å². The Morgan fingerprint density at radius 1 is 1.50 bits per heavy atom.